The second-order valence-corrected chi connectivity index (χ2v) is 8.14. The molecule has 30 heavy (non-hydrogen) atoms. The molecule has 2 N–H and O–H groups in total. The van der Waals surface area contributed by atoms with E-state index >= 15 is 0 Å². The van der Waals surface area contributed by atoms with E-state index in [9.17, 15) is 9.59 Å². The van der Waals surface area contributed by atoms with Crippen molar-refractivity contribution in [1.29, 1.82) is 0 Å². The van der Waals surface area contributed by atoms with Crippen molar-refractivity contribution in [3.8, 4) is 0 Å². The summed E-state index contributed by atoms with van der Waals surface area (Å²) in [5, 5.41) is 6.72. The van der Waals surface area contributed by atoms with Gasteiger partial charge in [0.2, 0.25) is 5.78 Å². The Morgan fingerprint density at radius 3 is 1.87 bits per heavy atom. The number of hydrogen-bond acceptors (Lipinski definition) is 7. The molecule has 0 fully saturated rings. The van der Waals surface area contributed by atoms with Crippen LogP contribution in [0.25, 0.3) is 0 Å². The summed E-state index contributed by atoms with van der Waals surface area (Å²) >= 11 is 0. The highest BCUT2D eigenvalue weighted by Gasteiger charge is 2.34. The number of benzene rings is 1. The normalized spacial score (nSPS) is 12.9. The fourth-order valence-electron chi connectivity index (χ4n) is 3.63. The summed E-state index contributed by atoms with van der Waals surface area (Å²) in [5.74, 6) is -0.355. The molecule has 0 saturated carbocycles. The van der Waals surface area contributed by atoms with Crippen LogP contribution in [0.4, 0.5) is 11.4 Å². The minimum absolute atomic E-state index is 0.153. The minimum Gasteiger partial charge on any atom is -0.384 e. The van der Waals surface area contributed by atoms with Gasteiger partial charge in [0.15, 0.2) is 5.78 Å². The zero-order valence-electron chi connectivity index (χ0n) is 18.3. The molecule has 0 spiro atoms. The van der Waals surface area contributed by atoms with E-state index in [-0.39, 0.29) is 17.3 Å². The van der Waals surface area contributed by atoms with Gasteiger partial charge >= 0.3 is 0 Å². The lowest BCUT2D eigenvalue weighted by molar-refractivity contribution is 0.0976. The van der Waals surface area contributed by atoms with Crippen LogP contribution in [-0.2, 0) is 0 Å². The molecule has 1 aromatic heterocycles. The van der Waals surface area contributed by atoms with Gasteiger partial charge in [-0.1, -0.05) is 0 Å². The molecule has 1 aliphatic carbocycles. The van der Waals surface area contributed by atoms with Gasteiger partial charge in [-0.05, 0) is 78.4 Å². The summed E-state index contributed by atoms with van der Waals surface area (Å²) in [6.45, 7) is 3.33. The smallest absolute Gasteiger partial charge is 0.215 e. The Balaban J connectivity index is 1.92. The van der Waals surface area contributed by atoms with Gasteiger partial charge < -0.3 is 20.4 Å². The fourth-order valence-corrected chi connectivity index (χ4v) is 3.63. The standard InChI is InChI=1S/C23H31N5O2/c1-27(2)14-6-12-24-17-9-10-18(25-13-7-15-28(3)4)20-19(17)22(29)16-8-5-11-26-21(16)23(20)30/h5,8-11,24-25H,6-7,12-15H2,1-4H3. The predicted octanol–water partition coefficient (Wildman–Crippen LogP) is 2.58. The van der Waals surface area contributed by atoms with Gasteiger partial charge in [0.1, 0.15) is 5.69 Å². The first kappa shape index (κ1) is 21.9. The van der Waals surface area contributed by atoms with Crippen LogP contribution < -0.4 is 10.6 Å². The van der Waals surface area contributed by atoms with E-state index in [1.807, 2.05) is 40.3 Å². The molecule has 1 heterocycles. The number of nitrogens with one attached hydrogen (secondary N) is 2. The summed E-state index contributed by atoms with van der Waals surface area (Å²) in [6.07, 6.45) is 3.43. The Labute approximate surface area is 178 Å². The van der Waals surface area contributed by atoms with Crippen molar-refractivity contribution in [2.24, 2.45) is 0 Å². The number of carbonyl (C=O) groups excluding carboxylic acids is 2. The first-order valence-corrected chi connectivity index (χ1v) is 10.4. The maximum absolute atomic E-state index is 13.3. The van der Waals surface area contributed by atoms with E-state index in [0.717, 1.165) is 39.0 Å². The van der Waals surface area contributed by atoms with Gasteiger partial charge in [-0.25, -0.2) is 0 Å². The maximum Gasteiger partial charge on any atom is 0.215 e. The first-order valence-electron chi connectivity index (χ1n) is 10.4. The zero-order chi connectivity index (χ0) is 21.7. The molecule has 3 rings (SSSR count). The van der Waals surface area contributed by atoms with Gasteiger partial charge in [-0.15, -0.1) is 0 Å². The maximum atomic E-state index is 13.3. The van der Waals surface area contributed by atoms with Crippen LogP contribution in [0, 0.1) is 0 Å². The molecule has 2 aromatic rings. The van der Waals surface area contributed by atoms with Crippen molar-refractivity contribution in [3.05, 3.63) is 52.8 Å². The summed E-state index contributed by atoms with van der Waals surface area (Å²) in [6, 6.07) is 7.16. The molecule has 0 saturated heterocycles. The number of ketones is 2. The summed E-state index contributed by atoms with van der Waals surface area (Å²) < 4.78 is 0. The SMILES string of the molecule is CN(C)CCCNc1ccc(NCCCN(C)C)c2c1C(=O)c1cccnc1C2=O. The van der Waals surface area contributed by atoms with Crippen LogP contribution in [0.1, 0.15) is 44.8 Å². The van der Waals surface area contributed by atoms with Crippen molar-refractivity contribution >= 4 is 22.9 Å². The van der Waals surface area contributed by atoms with Crippen LogP contribution in [0.5, 0.6) is 0 Å². The van der Waals surface area contributed by atoms with E-state index in [1.54, 1.807) is 18.3 Å². The van der Waals surface area contributed by atoms with Crippen molar-refractivity contribution in [1.82, 2.24) is 14.8 Å². The third kappa shape index (κ3) is 4.86. The molecule has 160 valence electrons. The number of nitrogens with zero attached hydrogens (tertiary/aromatic N) is 3. The molecule has 7 nitrogen and oxygen atoms in total. The number of fused-ring (bicyclic) bond motifs is 2. The second kappa shape index (κ2) is 9.82. The Hall–Kier alpha value is -2.77. The predicted molar refractivity (Wildman–Crippen MR) is 121 cm³/mol. The van der Waals surface area contributed by atoms with Gasteiger partial charge in [0.25, 0.3) is 0 Å². The van der Waals surface area contributed by atoms with Gasteiger partial charge in [-0.3, -0.25) is 14.6 Å². The largest absolute Gasteiger partial charge is 0.384 e. The molecule has 7 heteroatoms. The number of rotatable bonds is 10. The van der Waals surface area contributed by atoms with Gasteiger partial charge in [0, 0.05) is 30.7 Å². The molecule has 0 amide bonds. The third-order valence-corrected chi connectivity index (χ3v) is 5.12. The Morgan fingerprint density at radius 1 is 0.800 bits per heavy atom. The Morgan fingerprint density at radius 2 is 1.33 bits per heavy atom. The monoisotopic (exact) mass is 409 g/mol. The van der Waals surface area contributed by atoms with Crippen molar-refractivity contribution in [2.45, 2.75) is 12.8 Å². The summed E-state index contributed by atoms with van der Waals surface area (Å²) in [7, 11) is 8.13. The van der Waals surface area contributed by atoms with Crippen LogP contribution >= 0.6 is 0 Å². The minimum atomic E-state index is -0.202. The Kier molecular flexibility index (Phi) is 7.18. The molecular formula is C23H31N5O2. The molecule has 0 radical (unpaired) electrons. The third-order valence-electron chi connectivity index (χ3n) is 5.12. The summed E-state index contributed by atoms with van der Waals surface area (Å²) in [4.78, 5) is 35.0. The van der Waals surface area contributed by atoms with Crippen LogP contribution in [0.2, 0.25) is 0 Å². The highest BCUT2D eigenvalue weighted by atomic mass is 16.1. The molecule has 0 atom stereocenters. The quantitative estimate of drug-likeness (QED) is 0.498. The van der Waals surface area contributed by atoms with Gasteiger partial charge in [-0.2, -0.15) is 0 Å². The molecule has 0 bridgehead atoms. The molecule has 1 aliphatic rings. The number of pyridine rings is 1. The van der Waals surface area contributed by atoms with Crippen molar-refractivity contribution in [3.63, 3.8) is 0 Å². The average molecular weight is 410 g/mol. The number of aromatic nitrogens is 1. The van der Waals surface area contributed by atoms with Gasteiger partial charge in [0.05, 0.1) is 16.7 Å². The van der Waals surface area contributed by atoms with E-state index in [1.165, 1.54) is 0 Å². The van der Waals surface area contributed by atoms with E-state index in [0.29, 0.717) is 28.1 Å². The number of anilines is 2. The second-order valence-electron chi connectivity index (χ2n) is 8.14. The van der Waals surface area contributed by atoms with Crippen molar-refractivity contribution in [2.75, 3.05) is 65.0 Å². The molecular weight excluding hydrogens is 378 g/mol. The lowest BCUT2D eigenvalue weighted by Gasteiger charge is -2.23. The van der Waals surface area contributed by atoms with E-state index in [4.69, 9.17) is 0 Å². The highest BCUT2D eigenvalue weighted by molar-refractivity contribution is 6.31. The van der Waals surface area contributed by atoms with E-state index in [2.05, 4.69) is 25.4 Å². The Bertz CT molecular complexity index is 850. The highest BCUT2D eigenvalue weighted by Crippen LogP contribution is 2.35. The van der Waals surface area contributed by atoms with E-state index < -0.39 is 0 Å². The molecule has 0 aliphatic heterocycles. The van der Waals surface area contributed by atoms with Crippen LogP contribution in [0.15, 0.2) is 30.5 Å². The first-order chi connectivity index (χ1) is 14.4. The number of carbonyl (C=O) groups is 2. The average Bonchev–Trinajstić information content (AvgIpc) is 2.72. The number of hydrogen-bond donors (Lipinski definition) is 2. The lowest BCUT2D eigenvalue weighted by atomic mass is 9.84. The summed E-state index contributed by atoms with van der Waals surface area (Å²) in [5.41, 5.74) is 2.87. The fraction of sp³-hybridized carbons (Fsp3) is 0.435. The lowest BCUT2D eigenvalue weighted by Crippen LogP contribution is -2.26. The van der Waals surface area contributed by atoms with Crippen molar-refractivity contribution < 1.29 is 9.59 Å². The van der Waals surface area contributed by atoms with Crippen LogP contribution in [0.3, 0.4) is 0 Å². The zero-order valence-corrected chi connectivity index (χ0v) is 18.3. The molecule has 0 unspecified atom stereocenters. The topological polar surface area (TPSA) is 77.6 Å². The van der Waals surface area contributed by atoms with Crippen LogP contribution in [-0.4, -0.2) is 80.7 Å². The molecule has 1 aromatic carbocycles.